The Morgan fingerprint density at radius 2 is 1.86 bits per heavy atom. The van der Waals surface area contributed by atoms with Crippen LogP contribution in [-0.4, -0.2) is 42.0 Å². The quantitative estimate of drug-likeness (QED) is 0.540. The van der Waals surface area contributed by atoms with Crippen molar-refractivity contribution in [1.29, 1.82) is 0 Å². The smallest absolute Gasteiger partial charge is 0.344 e. The summed E-state index contributed by atoms with van der Waals surface area (Å²) in [6.45, 7) is 1.20. The van der Waals surface area contributed by atoms with Crippen LogP contribution in [0.2, 0.25) is 5.02 Å². The Kier molecular flexibility index (Phi) is 6.49. The van der Waals surface area contributed by atoms with Crippen molar-refractivity contribution in [2.24, 2.45) is 0 Å². The highest BCUT2D eigenvalue weighted by atomic mass is 35.5. The van der Waals surface area contributed by atoms with Crippen LogP contribution in [0.1, 0.15) is 18.0 Å². The molecule has 8 heteroatoms. The van der Waals surface area contributed by atoms with Gasteiger partial charge in [0, 0.05) is 7.05 Å². The average Bonchev–Trinajstić information content (AvgIpc) is 3.14. The zero-order valence-electron chi connectivity index (χ0n) is 15.4. The summed E-state index contributed by atoms with van der Waals surface area (Å²) in [4.78, 5) is 30.3. The van der Waals surface area contributed by atoms with E-state index in [2.05, 4.69) is 4.98 Å². The lowest BCUT2D eigenvalue weighted by atomic mass is 10.3. The molecule has 0 aliphatic heterocycles. The van der Waals surface area contributed by atoms with Crippen LogP contribution in [0.3, 0.4) is 0 Å². The first-order valence-electron chi connectivity index (χ1n) is 8.60. The van der Waals surface area contributed by atoms with Crippen LogP contribution in [0.5, 0.6) is 5.75 Å². The summed E-state index contributed by atoms with van der Waals surface area (Å²) in [6.07, 6.45) is 0. The molecule has 0 unspecified atom stereocenters. The minimum atomic E-state index is -0.644. The number of fused-ring (bicyclic) bond motifs is 1. The summed E-state index contributed by atoms with van der Waals surface area (Å²) in [5, 5.41) is 1.22. The van der Waals surface area contributed by atoms with E-state index in [1.165, 1.54) is 16.2 Å². The van der Waals surface area contributed by atoms with Crippen LogP contribution in [0.25, 0.3) is 10.2 Å². The molecule has 0 saturated carbocycles. The number of carbonyl (C=O) groups is 2. The lowest BCUT2D eigenvalue weighted by Gasteiger charge is -2.23. The maximum absolute atomic E-state index is 12.4. The first-order valence-corrected chi connectivity index (χ1v) is 9.79. The van der Waals surface area contributed by atoms with Gasteiger partial charge in [-0.1, -0.05) is 35.9 Å². The number of ether oxygens (including phenoxy) is 2. The second-order valence-electron chi connectivity index (χ2n) is 6.08. The number of aromatic nitrogens is 1. The first kappa shape index (κ1) is 20.1. The van der Waals surface area contributed by atoms with Crippen molar-refractivity contribution in [3.8, 4) is 5.75 Å². The number of carbonyl (C=O) groups excluding carboxylic acids is 2. The third-order valence-electron chi connectivity index (χ3n) is 4.18. The Morgan fingerprint density at radius 1 is 1.14 bits per heavy atom. The highest BCUT2D eigenvalue weighted by molar-refractivity contribution is 7.18. The molecule has 0 fully saturated rings. The normalized spacial score (nSPS) is 11.8. The van der Waals surface area contributed by atoms with Gasteiger partial charge >= 0.3 is 5.97 Å². The maximum atomic E-state index is 12.4. The van der Waals surface area contributed by atoms with Gasteiger partial charge in [0.2, 0.25) is 0 Å². The third-order valence-corrected chi connectivity index (χ3v) is 5.70. The lowest BCUT2D eigenvalue weighted by molar-refractivity contribution is -0.153. The van der Waals surface area contributed by atoms with Crippen molar-refractivity contribution < 1.29 is 19.1 Å². The van der Waals surface area contributed by atoms with Gasteiger partial charge < -0.3 is 14.4 Å². The number of esters is 1. The number of hydrogen-bond acceptors (Lipinski definition) is 6. The number of nitrogens with zero attached hydrogens (tertiary/aromatic N) is 2. The van der Waals surface area contributed by atoms with Gasteiger partial charge in [-0.2, -0.15) is 0 Å². The van der Waals surface area contributed by atoms with Gasteiger partial charge in [0.1, 0.15) is 10.8 Å². The van der Waals surface area contributed by atoms with Gasteiger partial charge in [0.25, 0.3) is 5.91 Å². The molecule has 0 aliphatic rings. The summed E-state index contributed by atoms with van der Waals surface area (Å²) in [5.74, 6) is -0.582. The predicted molar refractivity (Wildman–Crippen MR) is 109 cm³/mol. The van der Waals surface area contributed by atoms with Crippen molar-refractivity contribution in [1.82, 2.24) is 9.88 Å². The fraction of sp³-hybridized carbons (Fsp3) is 0.250. The van der Waals surface area contributed by atoms with Gasteiger partial charge in [0.15, 0.2) is 13.2 Å². The molecule has 1 aromatic heterocycles. The Bertz CT molecular complexity index is 958. The van der Waals surface area contributed by atoms with Crippen LogP contribution in [-0.2, 0) is 14.3 Å². The van der Waals surface area contributed by atoms with Crippen LogP contribution < -0.4 is 4.74 Å². The van der Waals surface area contributed by atoms with Gasteiger partial charge in [-0.05, 0) is 31.2 Å². The Morgan fingerprint density at radius 3 is 2.61 bits per heavy atom. The van der Waals surface area contributed by atoms with Crippen LogP contribution in [0.4, 0.5) is 0 Å². The molecule has 146 valence electrons. The first-order chi connectivity index (χ1) is 13.5. The lowest BCUT2D eigenvalue weighted by Crippen LogP contribution is -2.34. The van der Waals surface area contributed by atoms with Crippen LogP contribution in [0.15, 0.2) is 48.5 Å². The topological polar surface area (TPSA) is 68.7 Å². The number of amides is 1. The van der Waals surface area contributed by atoms with Crippen molar-refractivity contribution in [2.45, 2.75) is 13.0 Å². The average molecular weight is 419 g/mol. The standard InChI is InChI=1S/C20H19ClN2O4S/c1-13(20-22-15-8-4-6-10-17(15)28-20)23(2)18(24)11-27-19(25)12-26-16-9-5-3-7-14(16)21/h3-10,13H,11-12H2,1-2H3/t13-/m1/s1. The van der Waals surface area contributed by atoms with Crippen molar-refractivity contribution >= 4 is 45.0 Å². The van der Waals surface area contributed by atoms with E-state index >= 15 is 0 Å². The Labute approximate surface area is 171 Å². The summed E-state index contributed by atoms with van der Waals surface area (Å²) >= 11 is 7.49. The van der Waals surface area contributed by atoms with E-state index in [0.29, 0.717) is 10.8 Å². The molecule has 28 heavy (non-hydrogen) atoms. The van der Waals surface area contributed by atoms with Crippen LogP contribution >= 0.6 is 22.9 Å². The van der Waals surface area contributed by atoms with Crippen molar-refractivity contribution in [2.75, 3.05) is 20.3 Å². The van der Waals surface area contributed by atoms with E-state index in [0.717, 1.165) is 15.2 Å². The molecule has 6 nitrogen and oxygen atoms in total. The van der Waals surface area contributed by atoms with E-state index in [1.54, 1.807) is 31.3 Å². The Balaban J connectivity index is 1.50. The van der Waals surface area contributed by atoms with Gasteiger partial charge in [-0.25, -0.2) is 9.78 Å². The molecule has 0 spiro atoms. The van der Waals surface area contributed by atoms with Crippen molar-refractivity contribution in [3.63, 3.8) is 0 Å². The molecule has 0 N–H and O–H groups in total. The number of thiazole rings is 1. The fourth-order valence-electron chi connectivity index (χ4n) is 2.43. The van der Waals surface area contributed by atoms with Crippen LogP contribution in [0, 0.1) is 0 Å². The molecule has 0 aliphatic carbocycles. The fourth-order valence-corrected chi connectivity index (χ4v) is 3.69. The predicted octanol–water partition coefficient (Wildman–Crippen LogP) is 4.09. The van der Waals surface area contributed by atoms with Gasteiger partial charge in [0.05, 0.1) is 21.3 Å². The summed E-state index contributed by atoms with van der Waals surface area (Å²) in [6, 6.07) is 14.4. The van der Waals surface area contributed by atoms with Crippen molar-refractivity contribution in [3.05, 3.63) is 58.6 Å². The molecule has 1 atom stereocenters. The van der Waals surface area contributed by atoms with E-state index < -0.39 is 5.97 Å². The highest BCUT2D eigenvalue weighted by Crippen LogP contribution is 2.28. The SMILES string of the molecule is C[C@H](c1nc2ccccc2s1)N(C)C(=O)COC(=O)COc1ccccc1Cl. The molecule has 0 bridgehead atoms. The van der Waals surface area contributed by atoms with E-state index in [4.69, 9.17) is 21.1 Å². The molecule has 0 saturated heterocycles. The highest BCUT2D eigenvalue weighted by Gasteiger charge is 2.22. The zero-order chi connectivity index (χ0) is 20.1. The molecule has 1 heterocycles. The minimum Gasteiger partial charge on any atom is -0.480 e. The van der Waals surface area contributed by atoms with E-state index in [-0.39, 0.29) is 25.2 Å². The second-order valence-corrected chi connectivity index (χ2v) is 7.55. The van der Waals surface area contributed by atoms with E-state index in [9.17, 15) is 9.59 Å². The van der Waals surface area contributed by atoms with Gasteiger partial charge in [-0.15, -0.1) is 11.3 Å². The van der Waals surface area contributed by atoms with E-state index in [1.807, 2.05) is 31.2 Å². The molecule has 3 rings (SSSR count). The third kappa shape index (κ3) is 4.79. The molecule has 2 aromatic carbocycles. The molecular formula is C20H19ClN2O4S. The van der Waals surface area contributed by atoms with Gasteiger partial charge in [-0.3, -0.25) is 4.79 Å². The molecule has 0 radical (unpaired) electrons. The minimum absolute atomic E-state index is 0.233. The number of para-hydroxylation sites is 2. The second kappa shape index (κ2) is 9.03. The molecule has 1 amide bonds. The maximum Gasteiger partial charge on any atom is 0.344 e. The molecular weight excluding hydrogens is 400 g/mol. The Hall–Kier alpha value is -2.64. The monoisotopic (exact) mass is 418 g/mol. The number of halogens is 1. The summed E-state index contributed by atoms with van der Waals surface area (Å²) < 4.78 is 11.4. The largest absolute Gasteiger partial charge is 0.480 e. The summed E-state index contributed by atoms with van der Waals surface area (Å²) in [5.41, 5.74) is 0.901. The zero-order valence-corrected chi connectivity index (χ0v) is 17.0. The number of hydrogen-bond donors (Lipinski definition) is 0. The summed E-state index contributed by atoms with van der Waals surface area (Å²) in [7, 11) is 1.66. The number of benzene rings is 2. The number of likely N-dealkylation sites (N-methyl/N-ethyl adjacent to an activating group) is 1. The number of rotatable bonds is 7. The molecule has 3 aromatic rings.